The predicted octanol–water partition coefficient (Wildman–Crippen LogP) is 5.13. The van der Waals surface area contributed by atoms with Crippen LogP contribution in [0.4, 0.5) is 5.69 Å². The van der Waals surface area contributed by atoms with Crippen LogP contribution >= 0.6 is 45.5 Å². The fraction of sp³-hybridized carbons (Fsp3) is 0.0741. The number of anilines is 1. The van der Waals surface area contributed by atoms with Crippen LogP contribution in [0, 0.1) is 3.57 Å². The zero-order valence-corrected chi connectivity index (χ0v) is 22.3. The van der Waals surface area contributed by atoms with Crippen LogP contribution in [0.2, 0.25) is 5.02 Å². The van der Waals surface area contributed by atoms with Gasteiger partial charge in [-0.05, 0) is 83.1 Å². The van der Waals surface area contributed by atoms with Crippen LogP contribution in [0.5, 0.6) is 0 Å². The molecule has 1 aliphatic heterocycles. The Bertz CT molecular complexity index is 1640. The zero-order valence-electron chi connectivity index (χ0n) is 18.5. The van der Waals surface area contributed by atoms with Crippen molar-refractivity contribution >= 4 is 63.2 Å². The van der Waals surface area contributed by atoms with E-state index in [2.05, 4.69) is 32.9 Å². The van der Waals surface area contributed by atoms with Gasteiger partial charge in [0.15, 0.2) is 4.80 Å². The number of hydrogen-bond donors (Lipinski definition) is 1. The van der Waals surface area contributed by atoms with Crippen molar-refractivity contribution in [1.29, 1.82) is 0 Å². The van der Waals surface area contributed by atoms with Crippen molar-refractivity contribution in [1.82, 2.24) is 4.57 Å². The summed E-state index contributed by atoms with van der Waals surface area (Å²) in [5.74, 6) is -0.302. The lowest BCUT2D eigenvalue weighted by Gasteiger charge is -2.25. The normalized spacial score (nSPS) is 15.5. The summed E-state index contributed by atoms with van der Waals surface area (Å²) in [7, 11) is 0. The Morgan fingerprint density at radius 1 is 1.09 bits per heavy atom. The van der Waals surface area contributed by atoms with Crippen LogP contribution in [0.25, 0.3) is 6.08 Å². The van der Waals surface area contributed by atoms with Gasteiger partial charge in [0.1, 0.15) is 0 Å². The number of halogens is 2. The third kappa shape index (κ3) is 4.89. The van der Waals surface area contributed by atoms with Gasteiger partial charge >= 0.3 is 0 Å². The van der Waals surface area contributed by atoms with E-state index in [4.69, 9.17) is 11.6 Å². The van der Waals surface area contributed by atoms with Gasteiger partial charge in [0.05, 0.1) is 21.8 Å². The number of aromatic nitrogens is 1. The molecule has 0 unspecified atom stereocenters. The topological polar surface area (TPSA) is 63.5 Å². The average molecular weight is 612 g/mol. The van der Waals surface area contributed by atoms with Crippen molar-refractivity contribution in [3.8, 4) is 0 Å². The van der Waals surface area contributed by atoms with E-state index in [-0.39, 0.29) is 11.5 Å². The second kappa shape index (κ2) is 9.93. The van der Waals surface area contributed by atoms with Crippen LogP contribution in [0.1, 0.15) is 24.1 Å². The summed E-state index contributed by atoms with van der Waals surface area (Å²) in [6, 6.07) is 23.8. The fourth-order valence-corrected chi connectivity index (χ4v) is 5.78. The summed E-state index contributed by atoms with van der Waals surface area (Å²) < 4.78 is 3.25. The molecule has 0 fully saturated rings. The van der Waals surface area contributed by atoms with Crippen molar-refractivity contribution in [2.24, 2.45) is 4.99 Å². The second-order valence-electron chi connectivity index (χ2n) is 8.01. The number of hydrogen-bond acceptors (Lipinski definition) is 4. The zero-order chi connectivity index (χ0) is 24.5. The Labute approximate surface area is 224 Å². The Morgan fingerprint density at radius 3 is 2.54 bits per heavy atom. The van der Waals surface area contributed by atoms with E-state index in [1.54, 1.807) is 23.6 Å². The minimum Gasteiger partial charge on any atom is -0.322 e. The van der Waals surface area contributed by atoms with Gasteiger partial charge in [-0.1, -0.05) is 65.4 Å². The highest BCUT2D eigenvalue weighted by molar-refractivity contribution is 14.1. The maximum atomic E-state index is 13.7. The van der Waals surface area contributed by atoms with Gasteiger partial charge < -0.3 is 5.32 Å². The number of fused-ring (bicyclic) bond motifs is 1. The van der Waals surface area contributed by atoms with E-state index >= 15 is 0 Å². The molecular weight excluding hydrogens is 593 g/mol. The maximum absolute atomic E-state index is 13.7. The van der Waals surface area contributed by atoms with E-state index in [1.165, 1.54) is 11.3 Å². The van der Waals surface area contributed by atoms with Gasteiger partial charge in [-0.25, -0.2) is 4.99 Å². The minimum absolute atomic E-state index is 0.190. The maximum Gasteiger partial charge on any atom is 0.271 e. The van der Waals surface area contributed by atoms with Gasteiger partial charge in [-0.2, -0.15) is 0 Å². The number of nitrogens with zero attached hydrogens (tertiary/aromatic N) is 2. The van der Waals surface area contributed by atoms with Crippen LogP contribution in [-0.4, -0.2) is 10.5 Å². The highest BCUT2D eigenvalue weighted by atomic mass is 127. The van der Waals surface area contributed by atoms with Gasteiger partial charge in [-0.15, -0.1) is 0 Å². The first kappa shape index (κ1) is 23.7. The van der Waals surface area contributed by atoms with E-state index in [0.29, 0.717) is 31.3 Å². The number of rotatable bonds is 4. The second-order valence-corrected chi connectivity index (χ2v) is 10.7. The van der Waals surface area contributed by atoms with Gasteiger partial charge in [0.25, 0.3) is 11.5 Å². The lowest BCUT2D eigenvalue weighted by atomic mass is 9.95. The number of nitrogens with one attached hydrogen (secondary N) is 1. The van der Waals surface area contributed by atoms with E-state index in [9.17, 15) is 9.59 Å². The fourth-order valence-electron chi connectivity index (χ4n) is 4.04. The molecule has 1 amide bonds. The molecule has 174 valence electrons. The van der Waals surface area contributed by atoms with Crippen molar-refractivity contribution in [2.45, 2.75) is 13.0 Å². The third-order valence-corrected chi connectivity index (χ3v) is 7.54. The van der Waals surface area contributed by atoms with E-state index < -0.39 is 6.04 Å². The lowest BCUT2D eigenvalue weighted by molar-refractivity contribution is -0.113. The molecule has 35 heavy (non-hydrogen) atoms. The van der Waals surface area contributed by atoms with Gasteiger partial charge in [-0.3, -0.25) is 14.2 Å². The Hall–Kier alpha value is -3.01. The summed E-state index contributed by atoms with van der Waals surface area (Å²) in [4.78, 5) is 32.4. The largest absolute Gasteiger partial charge is 0.322 e. The van der Waals surface area contributed by atoms with Crippen molar-refractivity contribution < 1.29 is 4.79 Å². The monoisotopic (exact) mass is 611 g/mol. The summed E-state index contributed by atoms with van der Waals surface area (Å²) in [5.41, 5.74) is 3.19. The van der Waals surface area contributed by atoms with E-state index in [1.807, 2.05) is 72.8 Å². The quantitative estimate of drug-likeness (QED) is 0.325. The Balaban J connectivity index is 1.68. The lowest BCUT2D eigenvalue weighted by Crippen LogP contribution is -2.40. The summed E-state index contributed by atoms with van der Waals surface area (Å²) in [5, 5.41) is 3.53. The Morgan fingerprint density at radius 2 is 1.83 bits per heavy atom. The highest BCUT2D eigenvalue weighted by Crippen LogP contribution is 2.31. The molecule has 3 aromatic carbocycles. The number of allylic oxidation sites excluding steroid dienone is 1. The van der Waals surface area contributed by atoms with E-state index in [0.717, 1.165) is 14.7 Å². The van der Waals surface area contributed by atoms with Crippen LogP contribution in [0.3, 0.4) is 0 Å². The minimum atomic E-state index is -0.634. The van der Waals surface area contributed by atoms with Crippen molar-refractivity contribution in [2.75, 3.05) is 5.32 Å². The predicted molar refractivity (Wildman–Crippen MR) is 149 cm³/mol. The molecule has 1 aliphatic rings. The molecule has 0 saturated heterocycles. The standard InChI is InChI=1S/C27H19ClIN3O2S/c1-16-23(25(33)31-21-8-3-2-4-9-21)24(18-10-12-19(28)13-11-18)32-26(34)22(35-27(32)30-16)15-17-6-5-7-20(29)14-17/h2-15,24H,1H3,(H,31,33)/b22-15+/t24-/m1/s1. The number of thiazole rings is 1. The molecule has 0 saturated carbocycles. The molecular formula is C27H19ClIN3O2S. The molecule has 0 spiro atoms. The molecule has 1 aromatic heterocycles. The number of carbonyl (C=O) groups is 1. The molecule has 5 nitrogen and oxygen atoms in total. The number of benzene rings is 3. The van der Waals surface area contributed by atoms with Gasteiger partial charge in [0.2, 0.25) is 0 Å². The molecule has 1 atom stereocenters. The molecule has 5 rings (SSSR count). The SMILES string of the molecule is CC1=C(C(=O)Nc2ccccc2)[C@@H](c2ccc(Cl)cc2)n2c(s/c(=C/c3cccc(I)c3)c2=O)=N1. The first-order chi connectivity index (χ1) is 16.9. The Kier molecular flexibility index (Phi) is 6.73. The first-order valence-corrected chi connectivity index (χ1v) is 13.1. The van der Waals surface area contributed by atoms with Crippen LogP contribution in [0.15, 0.2) is 99.9 Å². The molecule has 0 aliphatic carbocycles. The van der Waals surface area contributed by atoms with Gasteiger partial charge in [0, 0.05) is 14.3 Å². The molecule has 8 heteroatoms. The van der Waals surface area contributed by atoms with Crippen LogP contribution in [-0.2, 0) is 4.79 Å². The molecule has 1 N–H and O–H groups in total. The number of para-hydroxylation sites is 1. The summed E-state index contributed by atoms with van der Waals surface area (Å²) >= 11 is 9.71. The number of amides is 1. The molecule has 0 radical (unpaired) electrons. The smallest absolute Gasteiger partial charge is 0.271 e. The molecule has 4 aromatic rings. The van der Waals surface area contributed by atoms with Crippen molar-refractivity contribution in [3.63, 3.8) is 0 Å². The van der Waals surface area contributed by atoms with Crippen molar-refractivity contribution in [3.05, 3.63) is 130 Å². The third-order valence-electron chi connectivity index (χ3n) is 5.63. The molecule has 2 heterocycles. The highest BCUT2D eigenvalue weighted by Gasteiger charge is 2.32. The summed E-state index contributed by atoms with van der Waals surface area (Å²) in [6.07, 6.45) is 1.87. The number of carbonyl (C=O) groups excluding carboxylic acids is 1. The first-order valence-electron chi connectivity index (χ1n) is 10.8. The average Bonchev–Trinajstić information content (AvgIpc) is 3.13. The molecule has 0 bridgehead atoms. The van der Waals surface area contributed by atoms with Crippen LogP contribution < -0.4 is 20.2 Å². The summed E-state index contributed by atoms with van der Waals surface area (Å²) in [6.45, 7) is 1.81.